The van der Waals surface area contributed by atoms with Crippen molar-refractivity contribution in [3.8, 4) is 5.75 Å². The Bertz CT molecular complexity index is 730. The number of methoxy groups -OCH3 is 1. The maximum Gasteiger partial charge on any atom is 0.337 e. The van der Waals surface area contributed by atoms with Crippen molar-refractivity contribution in [3.05, 3.63) is 65.5 Å². The SMILES string of the molecule is COC(=O)c1ccc(CN(C)C(=O)CCOc2ccccc2F)cc1. The normalized spacial score (nSPS) is 10.2. The molecule has 25 heavy (non-hydrogen) atoms. The third-order valence-corrected chi connectivity index (χ3v) is 3.63. The Hall–Kier alpha value is -2.89. The highest BCUT2D eigenvalue weighted by Crippen LogP contribution is 2.15. The molecule has 2 rings (SSSR count). The van der Waals surface area contributed by atoms with E-state index in [4.69, 9.17) is 4.74 Å². The summed E-state index contributed by atoms with van der Waals surface area (Å²) in [5.41, 5.74) is 1.34. The average molecular weight is 345 g/mol. The van der Waals surface area contributed by atoms with Crippen LogP contribution in [0.1, 0.15) is 22.3 Å². The predicted octanol–water partition coefficient (Wildman–Crippen LogP) is 3.04. The number of ether oxygens (including phenoxy) is 2. The van der Waals surface area contributed by atoms with E-state index >= 15 is 0 Å². The number of nitrogens with zero attached hydrogens (tertiary/aromatic N) is 1. The van der Waals surface area contributed by atoms with Crippen LogP contribution in [0.25, 0.3) is 0 Å². The average Bonchev–Trinajstić information content (AvgIpc) is 2.63. The van der Waals surface area contributed by atoms with Gasteiger partial charge in [0.1, 0.15) is 0 Å². The number of carbonyl (C=O) groups excluding carboxylic acids is 2. The molecular weight excluding hydrogens is 325 g/mol. The van der Waals surface area contributed by atoms with Gasteiger partial charge >= 0.3 is 5.97 Å². The van der Waals surface area contributed by atoms with Crippen LogP contribution in [0.2, 0.25) is 0 Å². The van der Waals surface area contributed by atoms with Gasteiger partial charge in [0.05, 0.1) is 25.7 Å². The number of amides is 1. The molecule has 0 bridgehead atoms. The molecule has 6 heteroatoms. The molecule has 0 spiro atoms. The summed E-state index contributed by atoms with van der Waals surface area (Å²) in [7, 11) is 3.01. The Morgan fingerprint density at radius 3 is 2.40 bits per heavy atom. The fourth-order valence-corrected chi connectivity index (χ4v) is 2.23. The maximum atomic E-state index is 13.4. The molecule has 0 radical (unpaired) electrons. The van der Waals surface area contributed by atoms with Crippen LogP contribution in [-0.4, -0.2) is 37.5 Å². The second-order valence-corrected chi connectivity index (χ2v) is 5.47. The van der Waals surface area contributed by atoms with Crippen LogP contribution in [0.15, 0.2) is 48.5 Å². The Labute approximate surface area is 146 Å². The van der Waals surface area contributed by atoms with Crippen molar-refractivity contribution >= 4 is 11.9 Å². The minimum Gasteiger partial charge on any atom is -0.490 e. The van der Waals surface area contributed by atoms with Crippen LogP contribution >= 0.6 is 0 Å². The quantitative estimate of drug-likeness (QED) is 0.724. The van der Waals surface area contributed by atoms with E-state index in [1.165, 1.54) is 19.2 Å². The third-order valence-electron chi connectivity index (χ3n) is 3.63. The number of esters is 1. The molecule has 0 N–H and O–H groups in total. The molecule has 0 aromatic heterocycles. The molecule has 2 aromatic carbocycles. The highest BCUT2D eigenvalue weighted by atomic mass is 19.1. The first-order valence-electron chi connectivity index (χ1n) is 7.80. The summed E-state index contributed by atoms with van der Waals surface area (Å²) in [5, 5.41) is 0. The van der Waals surface area contributed by atoms with E-state index in [-0.39, 0.29) is 24.7 Å². The number of hydrogen-bond donors (Lipinski definition) is 0. The smallest absolute Gasteiger partial charge is 0.337 e. The second kappa shape index (κ2) is 8.82. The van der Waals surface area contributed by atoms with Crippen molar-refractivity contribution in [1.82, 2.24) is 4.90 Å². The predicted molar refractivity (Wildman–Crippen MR) is 90.8 cm³/mol. The first-order chi connectivity index (χ1) is 12.0. The van der Waals surface area contributed by atoms with Crippen molar-refractivity contribution in [2.45, 2.75) is 13.0 Å². The zero-order valence-electron chi connectivity index (χ0n) is 14.2. The molecule has 0 aliphatic heterocycles. The Morgan fingerprint density at radius 2 is 1.76 bits per heavy atom. The minimum absolute atomic E-state index is 0.103. The van der Waals surface area contributed by atoms with E-state index < -0.39 is 11.8 Å². The van der Waals surface area contributed by atoms with Crippen LogP contribution < -0.4 is 4.74 Å². The van der Waals surface area contributed by atoms with Gasteiger partial charge < -0.3 is 14.4 Å². The molecule has 132 valence electrons. The van der Waals surface area contributed by atoms with Crippen LogP contribution in [0.4, 0.5) is 4.39 Å². The van der Waals surface area contributed by atoms with Crippen molar-refractivity contribution in [2.75, 3.05) is 20.8 Å². The summed E-state index contributed by atoms with van der Waals surface area (Å²) in [6, 6.07) is 12.9. The van der Waals surface area contributed by atoms with Gasteiger partial charge in [-0.05, 0) is 29.8 Å². The van der Waals surface area contributed by atoms with E-state index in [9.17, 15) is 14.0 Å². The number of para-hydroxylation sites is 1. The highest BCUT2D eigenvalue weighted by Gasteiger charge is 2.11. The van der Waals surface area contributed by atoms with Crippen molar-refractivity contribution < 1.29 is 23.5 Å². The standard InChI is InChI=1S/C19H20FNO4/c1-21(13-14-7-9-15(10-8-14)19(23)24-2)18(22)11-12-25-17-6-4-3-5-16(17)20/h3-10H,11-13H2,1-2H3. The summed E-state index contributed by atoms with van der Waals surface area (Å²) in [6.45, 7) is 0.505. The van der Waals surface area contributed by atoms with E-state index in [0.717, 1.165) is 5.56 Å². The molecule has 5 nitrogen and oxygen atoms in total. The van der Waals surface area contributed by atoms with Gasteiger partial charge in [0.25, 0.3) is 0 Å². The van der Waals surface area contributed by atoms with Gasteiger partial charge in [-0.25, -0.2) is 9.18 Å². The van der Waals surface area contributed by atoms with E-state index in [2.05, 4.69) is 4.74 Å². The molecule has 0 fully saturated rings. The number of hydrogen-bond acceptors (Lipinski definition) is 4. The molecule has 0 saturated heterocycles. The second-order valence-electron chi connectivity index (χ2n) is 5.47. The fourth-order valence-electron chi connectivity index (χ4n) is 2.23. The molecule has 0 unspecified atom stereocenters. The van der Waals surface area contributed by atoms with Gasteiger partial charge in [0.15, 0.2) is 11.6 Å². The van der Waals surface area contributed by atoms with Crippen LogP contribution in [0, 0.1) is 5.82 Å². The van der Waals surface area contributed by atoms with Gasteiger partial charge in [0.2, 0.25) is 5.91 Å². The molecular formula is C19H20FNO4. The molecule has 0 saturated carbocycles. The molecule has 0 aliphatic rings. The summed E-state index contributed by atoms with van der Waals surface area (Å²) in [4.78, 5) is 25.1. The molecule has 1 amide bonds. The minimum atomic E-state index is -0.450. The molecule has 0 atom stereocenters. The first-order valence-corrected chi connectivity index (χ1v) is 7.80. The van der Waals surface area contributed by atoms with Gasteiger partial charge in [-0.15, -0.1) is 0 Å². The lowest BCUT2D eigenvalue weighted by molar-refractivity contribution is -0.130. The monoisotopic (exact) mass is 345 g/mol. The molecule has 2 aromatic rings. The molecule has 0 heterocycles. The lowest BCUT2D eigenvalue weighted by Gasteiger charge is -2.17. The third kappa shape index (κ3) is 5.31. The first kappa shape index (κ1) is 18.4. The lowest BCUT2D eigenvalue weighted by atomic mass is 10.1. The van der Waals surface area contributed by atoms with Gasteiger partial charge in [-0.2, -0.15) is 0 Å². The Morgan fingerprint density at radius 1 is 1.08 bits per heavy atom. The van der Waals surface area contributed by atoms with E-state index in [1.807, 2.05) is 0 Å². The van der Waals surface area contributed by atoms with Crippen LogP contribution in [-0.2, 0) is 16.1 Å². The largest absolute Gasteiger partial charge is 0.490 e. The maximum absolute atomic E-state index is 13.4. The van der Waals surface area contributed by atoms with Crippen molar-refractivity contribution in [1.29, 1.82) is 0 Å². The highest BCUT2D eigenvalue weighted by molar-refractivity contribution is 5.89. The van der Waals surface area contributed by atoms with Crippen molar-refractivity contribution in [3.63, 3.8) is 0 Å². The molecule has 0 aliphatic carbocycles. The summed E-state index contributed by atoms with van der Waals surface area (Å²) < 4.78 is 23.4. The fraction of sp³-hybridized carbons (Fsp3) is 0.263. The summed E-state index contributed by atoms with van der Waals surface area (Å²) in [5.74, 6) is -0.833. The Kier molecular flexibility index (Phi) is 6.51. The Balaban J connectivity index is 1.81. The number of carbonyl (C=O) groups is 2. The summed E-state index contributed by atoms with van der Waals surface area (Å²) in [6.07, 6.45) is 0.144. The lowest BCUT2D eigenvalue weighted by Crippen LogP contribution is -2.27. The zero-order chi connectivity index (χ0) is 18.2. The van der Waals surface area contributed by atoms with E-state index in [0.29, 0.717) is 12.1 Å². The topological polar surface area (TPSA) is 55.8 Å². The summed E-state index contributed by atoms with van der Waals surface area (Å²) >= 11 is 0. The van der Waals surface area contributed by atoms with Gasteiger partial charge in [-0.3, -0.25) is 4.79 Å². The zero-order valence-corrected chi connectivity index (χ0v) is 14.2. The van der Waals surface area contributed by atoms with Gasteiger partial charge in [-0.1, -0.05) is 24.3 Å². The number of benzene rings is 2. The van der Waals surface area contributed by atoms with Gasteiger partial charge in [0, 0.05) is 13.6 Å². The van der Waals surface area contributed by atoms with Crippen LogP contribution in [0.5, 0.6) is 5.75 Å². The van der Waals surface area contributed by atoms with Crippen LogP contribution in [0.3, 0.4) is 0 Å². The van der Waals surface area contributed by atoms with Crippen molar-refractivity contribution in [2.24, 2.45) is 0 Å². The number of rotatable bonds is 7. The number of halogens is 1. The van der Waals surface area contributed by atoms with E-state index in [1.54, 1.807) is 48.3 Å².